The van der Waals surface area contributed by atoms with Gasteiger partial charge in [0, 0.05) is 0 Å². The molecule has 0 aliphatic heterocycles. The van der Waals surface area contributed by atoms with Gasteiger partial charge in [-0.3, -0.25) is 0 Å². The molecular formula is C6H5F7. The molecule has 0 saturated carbocycles. The van der Waals surface area contributed by atoms with E-state index in [0.29, 0.717) is 0 Å². The van der Waals surface area contributed by atoms with Gasteiger partial charge in [0.05, 0.1) is 0 Å². The van der Waals surface area contributed by atoms with Gasteiger partial charge in [0.1, 0.15) is 6.67 Å². The van der Waals surface area contributed by atoms with Crippen LogP contribution in [0.25, 0.3) is 0 Å². The molecule has 1 unspecified atom stereocenters. The molecule has 0 rings (SSSR count). The van der Waals surface area contributed by atoms with E-state index in [1.165, 1.54) is 0 Å². The van der Waals surface area contributed by atoms with Crippen LogP contribution in [0.4, 0.5) is 30.7 Å². The first-order chi connectivity index (χ1) is 5.63. The highest BCUT2D eigenvalue weighted by molar-refractivity contribution is 5.15. The third kappa shape index (κ3) is 2.89. The second kappa shape index (κ2) is 3.55. The summed E-state index contributed by atoms with van der Waals surface area (Å²) in [5.41, 5.74) is -3.57. The Kier molecular flexibility index (Phi) is 3.34. The third-order valence-electron chi connectivity index (χ3n) is 1.15. The second-order valence-corrected chi connectivity index (χ2v) is 2.46. The molecule has 0 spiro atoms. The molecule has 0 saturated heterocycles. The van der Waals surface area contributed by atoms with Crippen LogP contribution in [-0.4, -0.2) is 18.5 Å². The molecule has 0 nitrogen and oxygen atoms in total. The van der Waals surface area contributed by atoms with E-state index in [2.05, 4.69) is 0 Å². The summed E-state index contributed by atoms with van der Waals surface area (Å²) in [7, 11) is 0. The summed E-state index contributed by atoms with van der Waals surface area (Å²) in [6.45, 7) is -1.89. The fourth-order valence-electron chi connectivity index (χ4n) is 0.412. The van der Waals surface area contributed by atoms with E-state index >= 15 is 0 Å². The van der Waals surface area contributed by atoms with E-state index in [1.54, 1.807) is 0 Å². The molecule has 0 aliphatic rings. The summed E-state index contributed by atoms with van der Waals surface area (Å²) in [5, 5.41) is 0. The average molecular weight is 210 g/mol. The van der Waals surface area contributed by atoms with Gasteiger partial charge in [0.25, 0.3) is 0 Å². The van der Waals surface area contributed by atoms with Crippen LogP contribution >= 0.6 is 0 Å². The maximum absolute atomic E-state index is 12.4. The summed E-state index contributed by atoms with van der Waals surface area (Å²) in [6, 6.07) is 0. The fourth-order valence-corrected chi connectivity index (χ4v) is 0.412. The highest BCUT2D eigenvalue weighted by Crippen LogP contribution is 2.35. The molecule has 78 valence electrons. The van der Waals surface area contributed by atoms with Gasteiger partial charge in [0.2, 0.25) is 5.83 Å². The van der Waals surface area contributed by atoms with Crippen LogP contribution < -0.4 is 0 Å². The van der Waals surface area contributed by atoms with Gasteiger partial charge >= 0.3 is 6.18 Å². The second-order valence-electron chi connectivity index (χ2n) is 2.46. The molecule has 13 heavy (non-hydrogen) atoms. The molecule has 0 heterocycles. The van der Waals surface area contributed by atoms with Crippen molar-refractivity contribution in [3.05, 3.63) is 11.7 Å². The van der Waals surface area contributed by atoms with Crippen molar-refractivity contribution in [2.24, 2.45) is 0 Å². The van der Waals surface area contributed by atoms with Crippen molar-refractivity contribution in [1.82, 2.24) is 0 Å². The van der Waals surface area contributed by atoms with Crippen molar-refractivity contribution < 1.29 is 30.7 Å². The number of alkyl halides is 5. The molecule has 0 aromatic carbocycles. The molecular weight excluding hydrogens is 205 g/mol. The van der Waals surface area contributed by atoms with Crippen molar-refractivity contribution in [2.75, 3.05) is 6.67 Å². The molecule has 0 bridgehead atoms. The van der Waals surface area contributed by atoms with Crippen LogP contribution in [0.2, 0.25) is 0 Å². The van der Waals surface area contributed by atoms with Crippen LogP contribution in [0, 0.1) is 0 Å². The van der Waals surface area contributed by atoms with Gasteiger partial charge in [-0.15, -0.1) is 0 Å². The Bertz CT molecular complexity index is 212. The summed E-state index contributed by atoms with van der Waals surface area (Å²) in [4.78, 5) is 0. The maximum atomic E-state index is 12.4. The van der Waals surface area contributed by atoms with E-state index in [4.69, 9.17) is 0 Å². The van der Waals surface area contributed by atoms with Crippen LogP contribution in [0.15, 0.2) is 11.7 Å². The lowest BCUT2D eigenvalue weighted by Gasteiger charge is -2.15. The number of hydrogen-bond donors (Lipinski definition) is 0. The quantitative estimate of drug-likeness (QED) is 0.612. The average Bonchev–Trinajstić information content (AvgIpc) is 2.00. The highest BCUT2D eigenvalue weighted by Gasteiger charge is 2.44. The minimum absolute atomic E-state index is 0.174. The van der Waals surface area contributed by atoms with Crippen molar-refractivity contribution in [2.45, 2.75) is 18.8 Å². The van der Waals surface area contributed by atoms with Gasteiger partial charge in [-0.25, -0.2) is 13.2 Å². The smallest absolute Gasteiger partial charge is 0.247 e. The van der Waals surface area contributed by atoms with E-state index in [0.717, 1.165) is 0 Å². The Hall–Kier alpha value is -0.750. The largest absolute Gasteiger partial charge is 0.445 e. The third-order valence-corrected chi connectivity index (χ3v) is 1.15. The number of rotatable bonds is 2. The minimum atomic E-state index is -5.63. The van der Waals surface area contributed by atoms with Crippen LogP contribution in [0.5, 0.6) is 0 Å². The maximum Gasteiger partial charge on any atom is 0.445 e. The van der Waals surface area contributed by atoms with Gasteiger partial charge in [-0.2, -0.15) is 17.6 Å². The van der Waals surface area contributed by atoms with Gasteiger partial charge in [-0.05, 0) is 6.92 Å². The summed E-state index contributed by atoms with van der Waals surface area (Å²) in [6.07, 6.45) is -5.63. The zero-order valence-corrected chi connectivity index (χ0v) is 6.35. The molecule has 0 aromatic heterocycles. The zero-order valence-electron chi connectivity index (χ0n) is 6.35. The molecule has 0 aromatic rings. The Morgan fingerprint density at radius 1 is 1.00 bits per heavy atom. The van der Waals surface area contributed by atoms with Crippen molar-refractivity contribution >= 4 is 0 Å². The Morgan fingerprint density at radius 2 is 1.38 bits per heavy atom. The Balaban J connectivity index is 5.04. The summed E-state index contributed by atoms with van der Waals surface area (Å²) < 4.78 is 82.4. The molecule has 0 fully saturated rings. The number of hydrogen-bond acceptors (Lipinski definition) is 0. The standard InChI is InChI=1S/C6H5F7/c1-5(10,2-7)3(8)4(9)6(11,12)13/h2H2,1H3. The predicted molar refractivity (Wildman–Crippen MR) is 30.8 cm³/mol. The molecule has 0 radical (unpaired) electrons. The van der Waals surface area contributed by atoms with Crippen LogP contribution in [0.3, 0.4) is 0 Å². The summed E-state index contributed by atoms with van der Waals surface area (Å²) >= 11 is 0. The normalized spacial score (nSPS) is 19.4. The van der Waals surface area contributed by atoms with Crippen LogP contribution in [-0.2, 0) is 0 Å². The van der Waals surface area contributed by atoms with Gasteiger partial charge in [-0.1, -0.05) is 0 Å². The lowest BCUT2D eigenvalue weighted by Crippen LogP contribution is -2.25. The Morgan fingerprint density at radius 3 is 1.62 bits per heavy atom. The van der Waals surface area contributed by atoms with Crippen molar-refractivity contribution in [3.63, 3.8) is 0 Å². The molecule has 0 N–H and O–H groups in total. The first-order valence-corrected chi connectivity index (χ1v) is 3.00. The van der Waals surface area contributed by atoms with E-state index < -0.39 is 30.2 Å². The number of halogens is 7. The lowest BCUT2D eigenvalue weighted by molar-refractivity contribution is -0.113. The van der Waals surface area contributed by atoms with E-state index in [1.807, 2.05) is 0 Å². The molecule has 0 amide bonds. The SMILES string of the molecule is CC(F)(CF)C(F)=C(F)C(F)(F)F. The van der Waals surface area contributed by atoms with Gasteiger partial charge in [0.15, 0.2) is 11.5 Å². The first-order valence-electron chi connectivity index (χ1n) is 3.00. The van der Waals surface area contributed by atoms with Gasteiger partial charge < -0.3 is 0 Å². The molecule has 0 aliphatic carbocycles. The highest BCUT2D eigenvalue weighted by atomic mass is 19.4. The van der Waals surface area contributed by atoms with E-state index in [9.17, 15) is 30.7 Å². The molecule has 7 heteroatoms. The number of allylic oxidation sites excluding steroid dienone is 2. The molecule has 1 atom stereocenters. The predicted octanol–water partition coefficient (Wildman–Crippen LogP) is 3.40. The van der Waals surface area contributed by atoms with Crippen molar-refractivity contribution in [1.29, 1.82) is 0 Å². The fraction of sp³-hybridized carbons (Fsp3) is 0.667. The first kappa shape index (κ1) is 12.2. The van der Waals surface area contributed by atoms with Crippen LogP contribution in [0.1, 0.15) is 6.92 Å². The monoisotopic (exact) mass is 210 g/mol. The minimum Gasteiger partial charge on any atom is -0.247 e. The Labute approximate surface area is 69.0 Å². The topological polar surface area (TPSA) is 0 Å². The van der Waals surface area contributed by atoms with E-state index in [-0.39, 0.29) is 6.92 Å². The van der Waals surface area contributed by atoms with Crippen molar-refractivity contribution in [3.8, 4) is 0 Å². The zero-order chi connectivity index (χ0) is 10.9. The summed E-state index contributed by atoms with van der Waals surface area (Å²) in [5.74, 6) is -6.02. The lowest BCUT2D eigenvalue weighted by atomic mass is 10.1.